The van der Waals surface area contributed by atoms with Gasteiger partial charge in [-0.3, -0.25) is 0 Å². The normalized spacial score (nSPS) is 12.9. The first-order valence-corrected chi connectivity index (χ1v) is 3.06. The van der Waals surface area contributed by atoms with Crippen LogP contribution in [0.25, 0.3) is 0 Å². The number of halogens is 7. The molecular formula is C5H3ClF6O. The van der Waals surface area contributed by atoms with E-state index in [4.69, 9.17) is 0 Å². The zero-order valence-electron chi connectivity index (χ0n) is 6.05. The maximum Gasteiger partial charge on any atom is 0.391 e. The van der Waals surface area contributed by atoms with Crippen molar-refractivity contribution in [3.63, 3.8) is 0 Å². The van der Waals surface area contributed by atoms with Gasteiger partial charge in [0.25, 0.3) is 6.08 Å². The van der Waals surface area contributed by atoms with E-state index in [0.717, 1.165) is 0 Å². The zero-order chi connectivity index (χ0) is 10.9. The quantitative estimate of drug-likeness (QED) is 0.532. The van der Waals surface area contributed by atoms with Crippen molar-refractivity contribution < 1.29 is 31.1 Å². The van der Waals surface area contributed by atoms with Crippen LogP contribution >= 0.6 is 11.6 Å². The smallest absolute Gasteiger partial charge is 0.320 e. The van der Waals surface area contributed by atoms with Crippen molar-refractivity contribution in [1.82, 2.24) is 0 Å². The lowest BCUT2D eigenvalue weighted by molar-refractivity contribution is -0.206. The van der Waals surface area contributed by atoms with Crippen LogP contribution in [-0.2, 0) is 4.74 Å². The maximum absolute atomic E-state index is 12.2. The van der Waals surface area contributed by atoms with E-state index in [0.29, 0.717) is 7.11 Å². The highest BCUT2D eigenvalue weighted by atomic mass is 35.5. The fourth-order valence-electron chi connectivity index (χ4n) is 0.484. The molecule has 0 aromatic rings. The molecule has 0 amide bonds. The molecule has 0 N–H and O–H groups in total. The number of alkyl halides is 5. The number of hydrogen-bond donors (Lipinski definition) is 0. The van der Waals surface area contributed by atoms with Gasteiger partial charge >= 0.3 is 11.5 Å². The summed E-state index contributed by atoms with van der Waals surface area (Å²) in [5.74, 6) is 0. The second-order valence-electron chi connectivity index (χ2n) is 1.85. The third kappa shape index (κ3) is 3.07. The first-order chi connectivity index (χ1) is 5.63. The number of methoxy groups -OCH3 is 1. The Morgan fingerprint density at radius 1 is 1.15 bits per heavy atom. The first-order valence-electron chi connectivity index (χ1n) is 2.69. The van der Waals surface area contributed by atoms with Crippen molar-refractivity contribution in [3.05, 3.63) is 11.7 Å². The monoisotopic (exact) mass is 228 g/mol. The van der Waals surface area contributed by atoms with Crippen molar-refractivity contribution in [2.45, 2.75) is 11.5 Å². The molecule has 0 saturated heterocycles. The summed E-state index contributed by atoms with van der Waals surface area (Å²) in [6, 6.07) is 0. The molecule has 0 spiro atoms. The molecule has 0 aromatic carbocycles. The minimum atomic E-state index is -4.85. The second-order valence-corrected chi connectivity index (χ2v) is 2.33. The van der Waals surface area contributed by atoms with Gasteiger partial charge in [0, 0.05) is 7.11 Å². The summed E-state index contributed by atoms with van der Waals surface area (Å²) in [5.41, 5.74) is -2.84. The van der Waals surface area contributed by atoms with Crippen LogP contribution in [0.2, 0.25) is 0 Å². The average molecular weight is 229 g/mol. The van der Waals surface area contributed by atoms with E-state index in [9.17, 15) is 26.3 Å². The Morgan fingerprint density at radius 2 is 1.54 bits per heavy atom. The molecule has 0 bridgehead atoms. The second kappa shape index (κ2) is 3.75. The SMILES string of the molecule is COC(F)(F)C(=C(F)F)C(F)(F)Cl. The molecule has 1 nitrogen and oxygen atoms in total. The molecule has 13 heavy (non-hydrogen) atoms. The van der Waals surface area contributed by atoms with E-state index >= 15 is 0 Å². The van der Waals surface area contributed by atoms with Gasteiger partial charge in [-0.15, -0.1) is 0 Å². The van der Waals surface area contributed by atoms with Gasteiger partial charge in [-0.25, -0.2) is 0 Å². The Morgan fingerprint density at radius 3 is 1.62 bits per heavy atom. The zero-order valence-corrected chi connectivity index (χ0v) is 6.81. The van der Waals surface area contributed by atoms with Crippen molar-refractivity contribution in [3.8, 4) is 0 Å². The number of hydrogen-bond acceptors (Lipinski definition) is 1. The molecule has 0 atom stereocenters. The molecule has 0 unspecified atom stereocenters. The topological polar surface area (TPSA) is 9.23 Å². The highest BCUT2D eigenvalue weighted by molar-refractivity contribution is 6.23. The Labute approximate surface area is 73.9 Å². The largest absolute Gasteiger partial charge is 0.391 e. The summed E-state index contributed by atoms with van der Waals surface area (Å²) in [6.45, 7) is 0. The lowest BCUT2D eigenvalue weighted by atomic mass is 10.3. The third-order valence-corrected chi connectivity index (χ3v) is 1.21. The molecule has 0 saturated carbocycles. The summed E-state index contributed by atoms with van der Waals surface area (Å²) in [6.07, 6.45) is -8.06. The van der Waals surface area contributed by atoms with Crippen LogP contribution in [0, 0.1) is 0 Å². The molecule has 0 aliphatic rings. The van der Waals surface area contributed by atoms with Gasteiger partial charge in [0.05, 0.1) is 0 Å². The van der Waals surface area contributed by atoms with E-state index in [2.05, 4.69) is 16.3 Å². The van der Waals surface area contributed by atoms with Gasteiger partial charge in [-0.2, -0.15) is 26.3 Å². The fraction of sp³-hybridized carbons (Fsp3) is 0.600. The van der Waals surface area contributed by atoms with Gasteiger partial charge < -0.3 is 4.74 Å². The summed E-state index contributed by atoms with van der Waals surface area (Å²) < 4.78 is 74.9. The minimum Gasteiger partial charge on any atom is -0.320 e. The van der Waals surface area contributed by atoms with Crippen LogP contribution in [0.15, 0.2) is 11.7 Å². The van der Waals surface area contributed by atoms with E-state index in [1.807, 2.05) is 0 Å². The van der Waals surface area contributed by atoms with Crippen LogP contribution < -0.4 is 0 Å². The summed E-state index contributed by atoms with van der Waals surface area (Å²) in [5, 5.41) is -4.85. The Balaban J connectivity index is 5.22. The third-order valence-electron chi connectivity index (χ3n) is 1.02. The van der Waals surface area contributed by atoms with Gasteiger partial charge in [0.1, 0.15) is 0 Å². The maximum atomic E-state index is 12.2. The molecule has 0 aliphatic heterocycles. The number of ether oxygens (including phenoxy) is 1. The summed E-state index contributed by atoms with van der Waals surface area (Å²) in [4.78, 5) is 0. The Hall–Kier alpha value is -0.430. The van der Waals surface area contributed by atoms with Gasteiger partial charge in [0.2, 0.25) is 0 Å². The van der Waals surface area contributed by atoms with Crippen LogP contribution in [0.1, 0.15) is 0 Å². The van der Waals surface area contributed by atoms with Crippen molar-refractivity contribution in [2.24, 2.45) is 0 Å². The average Bonchev–Trinajstić information content (AvgIpc) is 1.82. The highest BCUT2D eigenvalue weighted by Gasteiger charge is 2.52. The molecule has 0 heterocycles. The molecule has 0 fully saturated rings. The molecule has 0 aliphatic carbocycles. The van der Waals surface area contributed by atoms with Crippen molar-refractivity contribution in [2.75, 3.05) is 7.11 Å². The van der Waals surface area contributed by atoms with Crippen LogP contribution in [0.5, 0.6) is 0 Å². The van der Waals surface area contributed by atoms with Gasteiger partial charge in [0.15, 0.2) is 5.57 Å². The molecule has 8 heteroatoms. The van der Waals surface area contributed by atoms with Crippen LogP contribution in [-0.4, -0.2) is 18.6 Å². The standard InChI is InChI=1S/C5H3ClF6O/c1-13-5(11,12)2(3(7)8)4(6,9)10/h1H3. The lowest BCUT2D eigenvalue weighted by Crippen LogP contribution is -2.31. The predicted molar refractivity (Wildman–Crippen MR) is 32.0 cm³/mol. The van der Waals surface area contributed by atoms with E-state index in [-0.39, 0.29) is 0 Å². The molecule has 0 radical (unpaired) electrons. The minimum absolute atomic E-state index is 0.297. The van der Waals surface area contributed by atoms with Gasteiger partial charge in [-0.05, 0) is 11.6 Å². The first kappa shape index (κ1) is 12.6. The van der Waals surface area contributed by atoms with E-state index in [1.54, 1.807) is 0 Å². The van der Waals surface area contributed by atoms with E-state index < -0.39 is 23.1 Å². The fourth-order valence-corrected chi connectivity index (χ4v) is 0.666. The van der Waals surface area contributed by atoms with Crippen molar-refractivity contribution in [1.29, 1.82) is 0 Å². The molecule has 0 rings (SSSR count). The summed E-state index contributed by atoms with van der Waals surface area (Å²) >= 11 is 4.03. The molecular weight excluding hydrogens is 225 g/mol. The molecule has 78 valence electrons. The number of rotatable bonds is 3. The molecule has 0 aromatic heterocycles. The van der Waals surface area contributed by atoms with E-state index in [1.165, 1.54) is 0 Å². The lowest BCUT2D eigenvalue weighted by Gasteiger charge is -2.19. The summed E-state index contributed by atoms with van der Waals surface area (Å²) in [7, 11) is 0.297. The highest BCUT2D eigenvalue weighted by Crippen LogP contribution is 2.42. The Kier molecular flexibility index (Phi) is 3.62. The van der Waals surface area contributed by atoms with Crippen LogP contribution in [0.3, 0.4) is 0 Å². The van der Waals surface area contributed by atoms with Crippen LogP contribution in [0.4, 0.5) is 26.3 Å². The predicted octanol–water partition coefficient (Wildman–Crippen LogP) is 3.21. The van der Waals surface area contributed by atoms with Crippen molar-refractivity contribution >= 4 is 11.6 Å². The van der Waals surface area contributed by atoms with Gasteiger partial charge in [-0.1, -0.05) is 0 Å². The Bertz CT molecular complexity index is 216.